The van der Waals surface area contributed by atoms with Gasteiger partial charge in [-0.05, 0) is 19.1 Å². The predicted molar refractivity (Wildman–Crippen MR) is 67.6 cm³/mol. The maximum absolute atomic E-state index is 5.19. The fourth-order valence-corrected chi connectivity index (χ4v) is 1.32. The van der Waals surface area contributed by atoms with Gasteiger partial charge in [-0.25, -0.2) is 4.98 Å². The van der Waals surface area contributed by atoms with Crippen molar-refractivity contribution in [1.82, 2.24) is 9.97 Å². The van der Waals surface area contributed by atoms with Gasteiger partial charge in [-0.15, -0.1) is 10.2 Å². The Morgan fingerprint density at radius 1 is 1.12 bits per heavy atom. The van der Waals surface area contributed by atoms with E-state index in [2.05, 4.69) is 20.2 Å². The minimum atomic E-state index is -0.0851. The van der Waals surface area contributed by atoms with Crippen LogP contribution in [0.1, 0.15) is 12.6 Å². The Morgan fingerprint density at radius 3 is 2.53 bits per heavy atom. The van der Waals surface area contributed by atoms with Crippen molar-refractivity contribution in [2.45, 2.75) is 6.92 Å². The average molecular weight is 228 g/mol. The van der Waals surface area contributed by atoms with Gasteiger partial charge in [0.2, 0.25) is 5.96 Å². The molecule has 0 unspecified atom stereocenters. The highest BCUT2D eigenvalue weighted by molar-refractivity contribution is 5.98. The van der Waals surface area contributed by atoms with Gasteiger partial charge in [-0.2, -0.15) is 0 Å². The van der Waals surface area contributed by atoms with Crippen LogP contribution in [0.15, 0.2) is 40.7 Å². The van der Waals surface area contributed by atoms with E-state index < -0.39 is 0 Å². The number of hydrogen-bond acceptors (Lipinski definition) is 4. The monoisotopic (exact) mass is 228 g/mol. The third kappa shape index (κ3) is 2.54. The molecule has 0 aliphatic carbocycles. The van der Waals surface area contributed by atoms with Crippen LogP contribution in [0.25, 0.3) is 11.0 Å². The van der Waals surface area contributed by atoms with Gasteiger partial charge in [-0.3, -0.25) is 4.98 Å². The van der Waals surface area contributed by atoms with Crippen LogP contribution < -0.4 is 11.5 Å². The molecule has 0 spiro atoms. The summed E-state index contributed by atoms with van der Waals surface area (Å²) in [7, 11) is 0. The Kier molecular flexibility index (Phi) is 2.95. The average Bonchev–Trinajstić information content (AvgIpc) is 2.35. The fraction of sp³-hybridized carbons (Fsp3) is 0.0909. The van der Waals surface area contributed by atoms with Gasteiger partial charge in [0.1, 0.15) is 5.69 Å². The number of para-hydroxylation sites is 2. The van der Waals surface area contributed by atoms with Gasteiger partial charge in [0, 0.05) is 0 Å². The molecule has 0 bridgehead atoms. The molecule has 6 heteroatoms. The first-order chi connectivity index (χ1) is 8.16. The Bertz CT molecular complexity index is 598. The zero-order chi connectivity index (χ0) is 12.3. The summed E-state index contributed by atoms with van der Waals surface area (Å²) < 4.78 is 0. The molecule has 1 heterocycles. The molecule has 0 amide bonds. The normalized spacial score (nSPS) is 11.5. The number of nitrogens with two attached hydrogens (primary N) is 2. The van der Waals surface area contributed by atoms with Crippen LogP contribution in [0.5, 0.6) is 0 Å². The number of aromatic nitrogens is 2. The van der Waals surface area contributed by atoms with Gasteiger partial charge >= 0.3 is 0 Å². The molecule has 4 N–H and O–H groups in total. The van der Waals surface area contributed by atoms with Gasteiger partial charge in [-0.1, -0.05) is 12.1 Å². The first-order valence-corrected chi connectivity index (χ1v) is 5.02. The zero-order valence-electron chi connectivity index (χ0n) is 9.33. The SMILES string of the molecule is C/C(=N\N=C(N)N)c1cnc2ccccc2n1. The molecule has 2 aromatic rings. The molecule has 1 aromatic carbocycles. The smallest absolute Gasteiger partial charge is 0.211 e. The summed E-state index contributed by atoms with van der Waals surface area (Å²) in [6.07, 6.45) is 1.64. The van der Waals surface area contributed by atoms with Crippen LogP contribution in [0.2, 0.25) is 0 Å². The zero-order valence-corrected chi connectivity index (χ0v) is 9.33. The van der Waals surface area contributed by atoms with Gasteiger partial charge in [0.25, 0.3) is 0 Å². The van der Waals surface area contributed by atoms with Crippen LogP contribution in [0, 0.1) is 0 Å². The first kappa shape index (κ1) is 11.0. The maximum Gasteiger partial charge on any atom is 0.211 e. The summed E-state index contributed by atoms with van der Waals surface area (Å²) in [6, 6.07) is 7.61. The molecule has 86 valence electrons. The maximum atomic E-state index is 5.19. The molecule has 0 aliphatic heterocycles. The lowest BCUT2D eigenvalue weighted by Gasteiger charge is -2.00. The summed E-state index contributed by atoms with van der Waals surface area (Å²) in [5, 5.41) is 7.43. The predicted octanol–water partition coefficient (Wildman–Crippen LogP) is 0.627. The second-order valence-corrected chi connectivity index (χ2v) is 3.45. The first-order valence-electron chi connectivity index (χ1n) is 5.02. The van der Waals surface area contributed by atoms with Crippen LogP contribution in [0.4, 0.5) is 0 Å². The molecular weight excluding hydrogens is 216 g/mol. The molecular formula is C11H12N6. The Morgan fingerprint density at radius 2 is 1.82 bits per heavy atom. The van der Waals surface area contributed by atoms with Crippen molar-refractivity contribution in [3.63, 3.8) is 0 Å². The molecule has 0 radical (unpaired) electrons. The van der Waals surface area contributed by atoms with Crippen LogP contribution in [-0.4, -0.2) is 21.6 Å². The van der Waals surface area contributed by atoms with Crippen LogP contribution in [-0.2, 0) is 0 Å². The molecule has 1 aromatic heterocycles. The van der Waals surface area contributed by atoms with E-state index in [-0.39, 0.29) is 5.96 Å². The molecule has 17 heavy (non-hydrogen) atoms. The molecule has 6 nitrogen and oxygen atoms in total. The number of guanidine groups is 1. The highest BCUT2D eigenvalue weighted by Crippen LogP contribution is 2.08. The lowest BCUT2D eigenvalue weighted by Crippen LogP contribution is -2.22. The molecule has 0 saturated carbocycles. The van der Waals surface area contributed by atoms with Crippen molar-refractivity contribution in [2.75, 3.05) is 0 Å². The minimum Gasteiger partial charge on any atom is -0.369 e. The minimum absolute atomic E-state index is 0.0851. The van der Waals surface area contributed by atoms with E-state index in [0.717, 1.165) is 11.0 Å². The number of fused-ring (bicyclic) bond motifs is 1. The highest BCUT2D eigenvalue weighted by atomic mass is 15.3. The number of hydrogen-bond donors (Lipinski definition) is 2. The third-order valence-electron chi connectivity index (χ3n) is 2.13. The largest absolute Gasteiger partial charge is 0.369 e. The van der Waals surface area contributed by atoms with E-state index in [1.54, 1.807) is 13.1 Å². The van der Waals surface area contributed by atoms with Crippen molar-refractivity contribution < 1.29 is 0 Å². The second kappa shape index (κ2) is 4.56. The van der Waals surface area contributed by atoms with Crippen LogP contribution >= 0.6 is 0 Å². The van der Waals surface area contributed by atoms with Crippen molar-refractivity contribution >= 4 is 22.7 Å². The van der Waals surface area contributed by atoms with Crippen molar-refractivity contribution in [3.8, 4) is 0 Å². The van der Waals surface area contributed by atoms with E-state index >= 15 is 0 Å². The van der Waals surface area contributed by atoms with Crippen molar-refractivity contribution in [2.24, 2.45) is 21.7 Å². The van der Waals surface area contributed by atoms with Crippen molar-refractivity contribution in [1.29, 1.82) is 0 Å². The lowest BCUT2D eigenvalue weighted by atomic mass is 10.2. The molecule has 0 saturated heterocycles. The summed E-state index contributed by atoms with van der Waals surface area (Å²) in [6.45, 7) is 1.77. The molecule has 0 aliphatic rings. The highest BCUT2D eigenvalue weighted by Gasteiger charge is 2.02. The lowest BCUT2D eigenvalue weighted by molar-refractivity contribution is 1.17. The fourth-order valence-electron chi connectivity index (χ4n) is 1.32. The Labute approximate surface area is 98.1 Å². The number of nitrogens with zero attached hydrogens (tertiary/aromatic N) is 4. The topological polar surface area (TPSA) is 103 Å². The van der Waals surface area contributed by atoms with E-state index in [1.807, 2.05) is 24.3 Å². The number of rotatable bonds is 2. The van der Waals surface area contributed by atoms with Gasteiger partial charge in [0.15, 0.2) is 0 Å². The molecule has 0 fully saturated rings. The van der Waals surface area contributed by atoms with Gasteiger partial charge < -0.3 is 11.5 Å². The Hall–Kier alpha value is -2.50. The summed E-state index contributed by atoms with van der Waals surface area (Å²) >= 11 is 0. The molecule has 2 rings (SSSR count). The summed E-state index contributed by atoms with van der Waals surface area (Å²) in [5.41, 5.74) is 13.3. The standard InChI is InChI=1S/C11H12N6/c1-7(16-17-11(12)13)10-6-14-8-4-2-3-5-9(8)15-10/h2-6H,1H3,(H4,12,13,17)/b16-7+. The van der Waals surface area contributed by atoms with E-state index in [1.165, 1.54) is 0 Å². The quantitative estimate of drug-likeness (QED) is 0.447. The van der Waals surface area contributed by atoms with Gasteiger partial charge in [0.05, 0.1) is 22.9 Å². The van der Waals surface area contributed by atoms with E-state index in [9.17, 15) is 0 Å². The van der Waals surface area contributed by atoms with E-state index in [0.29, 0.717) is 11.4 Å². The molecule has 0 atom stereocenters. The third-order valence-corrected chi connectivity index (χ3v) is 2.13. The number of benzene rings is 1. The summed E-state index contributed by atoms with van der Waals surface area (Å²) in [5.74, 6) is -0.0851. The summed E-state index contributed by atoms with van der Waals surface area (Å²) in [4.78, 5) is 8.68. The second-order valence-electron chi connectivity index (χ2n) is 3.45. The Balaban J connectivity index is 2.43. The van der Waals surface area contributed by atoms with E-state index in [4.69, 9.17) is 11.5 Å². The van der Waals surface area contributed by atoms with Crippen molar-refractivity contribution in [3.05, 3.63) is 36.2 Å². The van der Waals surface area contributed by atoms with Crippen LogP contribution in [0.3, 0.4) is 0 Å².